The number of carbonyl (C=O) groups is 2. The number of aliphatic hydroxyl groups excluding tert-OH is 1. The largest absolute Gasteiger partial charge is 0.480 e. The summed E-state index contributed by atoms with van der Waals surface area (Å²) >= 11 is 1.09. The average Bonchev–Trinajstić information content (AvgIpc) is 2.25. The van der Waals surface area contributed by atoms with Crippen LogP contribution in [0.4, 0.5) is 0 Å². The second kappa shape index (κ2) is 3.51. The molecule has 2 aliphatic rings. The molecule has 82 valence electrons. The van der Waals surface area contributed by atoms with Gasteiger partial charge in [-0.15, -0.1) is 11.8 Å². The van der Waals surface area contributed by atoms with Crippen LogP contribution in [-0.4, -0.2) is 50.3 Å². The van der Waals surface area contributed by atoms with E-state index in [0.717, 1.165) is 11.8 Å². The first kappa shape index (κ1) is 10.5. The summed E-state index contributed by atoms with van der Waals surface area (Å²) in [5.41, 5.74) is 5.85. The maximum Gasteiger partial charge on any atom is 0.321 e. The zero-order chi connectivity index (χ0) is 11.2. The lowest BCUT2D eigenvalue weighted by atomic mass is 10.1. The molecule has 1 amide bonds. The summed E-state index contributed by atoms with van der Waals surface area (Å²) in [6, 6.07) is -0.631. The van der Waals surface area contributed by atoms with Crippen molar-refractivity contribution in [1.82, 2.24) is 4.90 Å². The van der Waals surface area contributed by atoms with Crippen LogP contribution in [0.1, 0.15) is 0 Å². The number of carboxylic acid groups (broad SMARTS) is 1. The minimum absolute atomic E-state index is 0.234. The van der Waals surface area contributed by atoms with Gasteiger partial charge in [0.1, 0.15) is 16.7 Å². The quantitative estimate of drug-likeness (QED) is 0.502. The number of hydrogen-bond acceptors (Lipinski definition) is 5. The van der Waals surface area contributed by atoms with Gasteiger partial charge in [-0.05, 0) is 5.57 Å². The van der Waals surface area contributed by atoms with Crippen molar-refractivity contribution in [2.45, 2.75) is 16.7 Å². The van der Waals surface area contributed by atoms with Crippen LogP contribution in [0.3, 0.4) is 0 Å². The van der Waals surface area contributed by atoms with Gasteiger partial charge in [-0.25, -0.2) is 0 Å². The summed E-state index contributed by atoms with van der Waals surface area (Å²) in [6.45, 7) is -0.365. The fourth-order valence-corrected chi connectivity index (χ4v) is 2.90. The lowest BCUT2D eigenvalue weighted by Gasteiger charge is -2.47. The molecular weight excluding hydrogens is 220 g/mol. The minimum Gasteiger partial charge on any atom is -0.480 e. The molecule has 0 radical (unpaired) electrons. The lowest BCUT2D eigenvalue weighted by Crippen LogP contribution is -2.67. The number of fused-ring (bicyclic) bond motifs is 1. The van der Waals surface area contributed by atoms with Gasteiger partial charge in [0.25, 0.3) is 0 Å². The normalized spacial score (nSPS) is 34.3. The molecule has 7 heteroatoms. The van der Waals surface area contributed by atoms with E-state index < -0.39 is 17.3 Å². The van der Waals surface area contributed by atoms with Crippen molar-refractivity contribution >= 4 is 23.6 Å². The smallest absolute Gasteiger partial charge is 0.321 e. The fourth-order valence-electron chi connectivity index (χ4n) is 1.61. The van der Waals surface area contributed by atoms with E-state index in [0.29, 0.717) is 5.57 Å². The van der Waals surface area contributed by atoms with Crippen LogP contribution >= 0.6 is 11.8 Å². The molecule has 15 heavy (non-hydrogen) atoms. The van der Waals surface area contributed by atoms with Crippen molar-refractivity contribution in [3.63, 3.8) is 0 Å². The molecule has 0 spiro atoms. The van der Waals surface area contributed by atoms with Crippen molar-refractivity contribution < 1.29 is 19.8 Å². The Hall–Kier alpha value is -1.05. The van der Waals surface area contributed by atoms with Gasteiger partial charge < -0.3 is 20.8 Å². The maximum absolute atomic E-state index is 11.2. The molecule has 0 aromatic heterocycles. The van der Waals surface area contributed by atoms with Crippen LogP contribution in [0, 0.1) is 0 Å². The maximum atomic E-state index is 11.2. The van der Waals surface area contributed by atoms with Crippen molar-refractivity contribution in [1.29, 1.82) is 0 Å². The average molecular weight is 230 g/mol. The zero-order valence-electron chi connectivity index (χ0n) is 7.66. The number of hydrogen-bond donors (Lipinski definition) is 3. The molecule has 1 fully saturated rings. The third-order valence-corrected chi connectivity index (χ3v) is 4.02. The second-order valence-electron chi connectivity index (χ2n) is 3.38. The number of nitrogens with zero attached hydrogens (tertiary/aromatic N) is 1. The van der Waals surface area contributed by atoms with Gasteiger partial charge in [0.2, 0.25) is 5.91 Å². The number of thioether (sulfide) groups is 1. The number of nitrogens with two attached hydrogens (primary N) is 1. The molecule has 1 saturated heterocycles. The van der Waals surface area contributed by atoms with Crippen molar-refractivity contribution in [3.05, 3.63) is 11.8 Å². The van der Waals surface area contributed by atoms with Crippen molar-refractivity contribution in [3.8, 4) is 0 Å². The number of amides is 1. The van der Waals surface area contributed by atoms with Crippen molar-refractivity contribution in [2.24, 2.45) is 5.73 Å². The number of aliphatic carboxylic acids is 1. The fraction of sp³-hybridized carbons (Fsp3) is 0.500. The molecule has 0 aliphatic carbocycles. The van der Waals surface area contributed by atoms with Crippen LogP contribution in [0.2, 0.25) is 0 Å². The third-order valence-electron chi connectivity index (χ3n) is 2.45. The Morgan fingerprint density at radius 3 is 2.87 bits per heavy atom. The molecule has 6 nitrogen and oxygen atoms in total. The topological polar surface area (TPSA) is 104 Å². The highest BCUT2D eigenvalue weighted by Gasteiger charge is 2.49. The van der Waals surface area contributed by atoms with E-state index in [1.54, 1.807) is 0 Å². The molecule has 2 aliphatic heterocycles. The minimum atomic E-state index is -1.02. The Morgan fingerprint density at radius 1 is 1.67 bits per heavy atom. The van der Waals surface area contributed by atoms with Gasteiger partial charge in [-0.2, -0.15) is 0 Å². The van der Waals surface area contributed by atoms with E-state index in [4.69, 9.17) is 15.9 Å². The summed E-state index contributed by atoms with van der Waals surface area (Å²) in [6.07, 6.45) is 1.39. The predicted octanol–water partition coefficient (Wildman–Crippen LogP) is -1.44. The van der Waals surface area contributed by atoms with Gasteiger partial charge in [0.15, 0.2) is 0 Å². The molecule has 3 atom stereocenters. The van der Waals surface area contributed by atoms with E-state index in [1.807, 2.05) is 0 Å². The lowest BCUT2D eigenvalue weighted by molar-refractivity contribution is -0.141. The van der Waals surface area contributed by atoms with Gasteiger partial charge in [0.05, 0.1) is 6.61 Å². The molecule has 4 N–H and O–H groups in total. The molecule has 2 heterocycles. The first-order valence-corrected chi connectivity index (χ1v) is 5.28. The van der Waals surface area contributed by atoms with Gasteiger partial charge in [-0.1, -0.05) is 0 Å². The van der Waals surface area contributed by atoms with Gasteiger partial charge in [-0.3, -0.25) is 9.59 Å². The summed E-state index contributed by atoms with van der Waals surface area (Å²) in [5.74, 6) is -1.26. The summed E-state index contributed by atoms with van der Waals surface area (Å²) in [7, 11) is 0. The zero-order valence-corrected chi connectivity index (χ0v) is 8.48. The molecular formula is C8H10N2O4S. The predicted molar refractivity (Wildman–Crippen MR) is 52.8 cm³/mol. The summed E-state index contributed by atoms with van der Waals surface area (Å²) in [5, 5.41) is 16.8. The van der Waals surface area contributed by atoms with Crippen molar-refractivity contribution in [2.75, 3.05) is 6.61 Å². The number of rotatable bonds is 2. The van der Waals surface area contributed by atoms with Crippen LogP contribution in [-0.2, 0) is 9.59 Å². The van der Waals surface area contributed by atoms with E-state index >= 15 is 0 Å². The molecule has 0 aromatic carbocycles. The van der Waals surface area contributed by atoms with E-state index in [-0.39, 0.29) is 17.9 Å². The van der Waals surface area contributed by atoms with Gasteiger partial charge in [0, 0.05) is 6.20 Å². The SMILES string of the molecule is N[C@@H]1C(=O)N2C=C(CO)C(C(=O)O)S[C@H]12. The first-order valence-electron chi connectivity index (χ1n) is 4.33. The van der Waals surface area contributed by atoms with Crippen LogP contribution in [0.25, 0.3) is 0 Å². The Labute approximate surface area is 89.7 Å². The number of carboxylic acids is 1. The standard InChI is InChI=1S/C8H10N2O4S/c9-4-6(12)10-1-3(2-11)5(8(13)14)15-7(4)10/h1,4-5,7,11H,2,9H2,(H,13,14)/t4-,5?,7-/m1/s1. The molecule has 0 bridgehead atoms. The Morgan fingerprint density at radius 2 is 2.33 bits per heavy atom. The second-order valence-corrected chi connectivity index (χ2v) is 4.60. The molecule has 0 saturated carbocycles. The highest BCUT2D eigenvalue weighted by atomic mass is 32.2. The summed E-state index contributed by atoms with van der Waals surface area (Å²) in [4.78, 5) is 23.5. The highest BCUT2D eigenvalue weighted by Crippen LogP contribution is 2.39. The van der Waals surface area contributed by atoms with Gasteiger partial charge >= 0.3 is 5.97 Å². The van der Waals surface area contributed by atoms with Crippen LogP contribution < -0.4 is 5.73 Å². The monoisotopic (exact) mass is 230 g/mol. The third kappa shape index (κ3) is 1.43. The van der Waals surface area contributed by atoms with E-state index in [1.165, 1.54) is 11.1 Å². The van der Waals surface area contributed by atoms with Crippen LogP contribution in [0.15, 0.2) is 11.8 Å². The molecule has 0 aromatic rings. The highest BCUT2D eigenvalue weighted by molar-refractivity contribution is 8.01. The summed E-state index contributed by atoms with van der Waals surface area (Å²) < 4.78 is 0. The Kier molecular flexibility index (Phi) is 2.45. The van der Waals surface area contributed by atoms with E-state index in [9.17, 15) is 9.59 Å². The van der Waals surface area contributed by atoms with Crippen LogP contribution in [0.5, 0.6) is 0 Å². The molecule has 2 rings (SSSR count). The number of aliphatic hydroxyl groups is 1. The number of carbonyl (C=O) groups excluding carboxylic acids is 1. The Bertz CT molecular complexity index is 357. The Balaban J connectivity index is 2.26. The van der Waals surface area contributed by atoms with E-state index in [2.05, 4.69) is 0 Å². The number of β-lactam (4-membered cyclic amide) rings is 1. The molecule has 1 unspecified atom stereocenters. The first-order chi connectivity index (χ1) is 7.06.